The predicted molar refractivity (Wildman–Crippen MR) is 139 cm³/mol. The molecule has 3 saturated heterocycles. The van der Waals surface area contributed by atoms with Gasteiger partial charge in [-0.05, 0) is 38.2 Å². The molecule has 11 nitrogen and oxygen atoms in total. The van der Waals surface area contributed by atoms with Crippen molar-refractivity contribution in [3.05, 3.63) is 18.5 Å². The number of likely N-dealkylation sites (tertiary alicyclic amines) is 1. The molecule has 3 aromatic heterocycles. The van der Waals surface area contributed by atoms with Crippen LogP contribution in [0.15, 0.2) is 18.5 Å². The number of H-pyrrole nitrogens is 1. The van der Waals surface area contributed by atoms with Gasteiger partial charge >= 0.3 is 6.03 Å². The molecule has 4 fully saturated rings. The number of halogens is 1. The second kappa shape index (κ2) is 8.91. The third-order valence-corrected chi connectivity index (χ3v) is 8.64. The Bertz CT molecular complexity index is 1360. The van der Waals surface area contributed by atoms with Crippen molar-refractivity contribution in [2.75, 3.05) is 50.2 Å². The van der Waals surface area contributed by atoms with Crippen LogP contribution in [-0.2, 0) is 16.0 Å². The van der Waals surface area contributed by atoms with Gasteiger partial charge in [0.15, 0.2) is 11.5 Å². The lowest BCUT2D eigenvalue weighted by molar-refractivity contribution is 0.0779. The predicted octanol–water partition coefficient (Wildman–Crippen LogP) is 3.34. The van der Waals surface area contributed by atoms with Crippen LogP contribution in [0, 0.1) is 0 Å². The van der Waals surface area contributed by atoms with Crippen molar-refractivity contribution in [3.63, 3.8) is 0 Å². The Hall–Kier alpha value is -3.25. The lowest BCUT2D eigenvalue weighted by Crippen LogP contribution is -2.52. The van der Waals surface area contributed by atoms with Gasteiger partial charge in [-0.15, -0.1) is 0 Å². The van der Waals surface area contributed by atoms with Gasteiger partial charge in [0.2, 0.25) is 0 Å². The minimum atomic E-state index is -1.47. The first-order valence-electron chi connectivity index (χ1n) is 13.5. The molecule has 0 aromatic carbocycles. The van der Waals surface area contributed by atoms with Crippen molar-refractivity contribution in [1.82, 2.24) is 29.9 Å². The van der Waals surface area contributed by atoms with Crippen LogP contribution in [0.25, 0.3) is 22.3 Å². The highest BCUT2D eigenvalue weighted by molar-refractivity contribution is 5.96. The summed E-state index contributed by atoms with van der Waals surface area (Å²) < 4.78 is 28.0. The number of anilines is 2. The van der Waals surface area contributed by atoms with Gasteiger partial charge in [-0.25, -0.2) is 9.18 Å². The number of urea groups is 1. The number of aromatic nitrogens is 5. The van der Waals surface area contributed by atoms with Crippen molar-refractivity contribution >= 4 is 28.4 Å². The van der Waals surface area contributed by atoms with Gasteiger partial charge in [-0.3, -0.25) is 14.8 Å². The van der Waals surface area contributed by atoms with Crippen LogP contribution in [0.5, 0.6) is 0 Å². The second-order valence-corrected chi connectivity index (χ2v) is 11.2. The molecule has 0 bridgehead atoms. The smallest absolute Gasteiger partial charge is 0.322 e. The number of amides is 2. The van der Waals surface area contributed by atoms with E-state index in [4.69, 9.17) is 19.6 Å². The quantitative estimate of drug-likeness (QED) is 0.509. The standard InChI is InChI=1S/C26H33FN8O3/c1-37-17-13-33(14-17)23-18-11-28-19(10-21(18)35(32-23)15-25(27)7-9-38-16-25)22-20(12-29-31-22)30-24(36)34-8-3-2-4-26(34)5-6-26/h10-12,17H,2-9,13-16H2,1H3,(H,29,31)(H,30,36). The fourth-order valence-electron chi connectivity index (χ4n) is 6.12. The molecule has 1 aliphatic carbocycles. The number of alkyl halides is 1. The summed E-state index contributed by atoms with van der Waals surface area (Å²) in [6.07, 6.45) is 9.32. The number of ether oxygens (including phenoxy) is 2. The molecule has 3 aliphatic heterocycles. The molecule has 3 aromatic rings. The Morgan fingerprint density at radius 3 is 2.89 bits per heavy atom. The number of hydrogen-bond acceptors (Lipinski definition) is 7. The molecule has 6 heterocycles. The van der Waals surface area contributed by atoms with E-state index in [1.807, 2.05) is 11.0 Å². The molecule has 1 saturated carbocycles. The van der Waals surface area contributed by atoms with E-state index < -0.39 is 5.67 Å². The van der Waals surface area contributed by atoms with Crippen LogP contribution in [0.4, 0.5) is 20.7 Å². The van der Waals surface area contributed by atoms with Crippen LogP contribution in [0.1, 0.15) is 38.5 Å². The van der Waals surface area contributed by atoms with Crippen LogP contribution in [0.3, 0.4) is 0 Å². The Labute approximate surface area is 219 Å². The molecular weight excluding hydrogens is 491 g/mol. The van der Waals surface area contributed by atoms with Gasteiger partial charge in [-0.2, -0.15) is 10.2 Å². The van der Waals surface area contributed by atoms with E-state index in [0.29, 0.717) is 30.1 Å². The minimum Gasteiger partial charge on any atom is -0.378 e. The molecular formula is C26H33FN8O3. The average Bonchev–Trinajstić information content (AvgIpc) is 3.21. The highest BCUT2D eigenvalue weighted by atomic mass is 19.1. The van der Waals surface area contributed by atoms with Gasteiger partial charge < -0.3 is 24.6 Å². The molecule has 2 N–H and O–H groups in total. The topological polar surface area (TPSA) is 113 Å². The van der Waals surface area contributed by atoms with Crippen LogP contribution in [-0.4, -0.2) is 93.2 Å². The molecule has 1 unspecified atom stereocenters. The highest BCUT2D eigenvalue weighted by Gasteiger charge is 2.51. The van der Waals surface area contributed by atoms with Crippen molar-refractivity contribution in [3.8, 4) is 11.4 Å². The number of nitrogens with zero attached hydrogens (tertiary/aromatic N) is 6. The number of nitrogens with one attached hydrogen (secondary N) is 2. The lowest BCUT2D eigenvalue weighted by atomic mass is 10.0. The third-order valence-electron chi connectivity index (χ3n) is 8.64. The summed E-state index contributed by atoms with van der Waals surface area (Å²) in [6.45, 7) is 2.79. The normalized spacial score (nSPS) is 24.8. The zero-order valence-corrected chi connectivity index (χ0v) is 21.6. The monoisotopic (exact) mass is 524 g/mol. The second-order valence-electron chi connectivity index (χ2n) is 11.2. The number of rotatable bonds is 6. The molecule has 7 rings (SSSR count). The number of carbonyl (C=O) groups is 1. The highest BCUT2D eigenvalue weighted by Crippen LogP contribution is 2.48. The number of carbonyl (C=O) groups excluding carboxylic acids is 1. The summed E-state index contributed by atoms with van der Waals surface area (Å²) in [5.74, 6) is 0.771. The first kappa shape index (κ1) is 23.8. The van der Waals surface area contributed by atoms with Crippen LogP contribution < -0.4 is 10.2 Å². The van der Waals surface area contributed by atoms with Gasteiger partial charge in [0.1, 0.15) is 5.69 Å². The summed E-state index contributed by atoms with van der Waals surface area (Å²) in [7, 11) is 1.70. The van der Waals surface area contributed by atoms with E-state index in [9.17, 15) is 4.79 Å². The van der Waals surface area contributed by atoms with E-state index in [2.05, 4.69) is 20.4 Å². The fraction of sp³-hybridized carbons (Fsp3) is 0.615. The third kappa shape index (κ3) is 4.01. The first-order valence-corrected chi connectivity index (χ1v) is 13.5. The molecule has 0 radical (unpaired) electrons. The summed E-state index contributed by atoms with van der Waals surface area (Å²) >= 11 is 0. The number of hydrogen-bond donors (Lipinski definition) is 2. The van der Waals surface area contributed by atoms with E-state index >= 15 is 4.39 Å². The maximum absolute atomic E-state index is 15.5. The van der Waals surface area contributed by atoms with Gasteiger partial charge in [0.05, 0.1) is 47.7 Å². The molecule has 202 valence electrons. The van der Waals surface area contributed by atoms with Crippen molar-refractivity contribution in [2.24, 2.45) is 0 Å². The fourth-order valence-corrected chi connectivity index (χ4v) is 6.12. The Balaban J connectivity index is 1.20. The van der Waals surface area contributed by atoms with E-state index in [1.54, 1.807) is 24.2 Å². The summed E-state index contributed by atoms with van der Waals surface area (Å²) in [4.78, 5) is 22.1. The van der Waals surface area contributed by atoms with Crippen LogP contribution in [0.2, 0.25) is 0 Å². The number of piperidine rings is 1. The average molecular weight is 525 g/mol. The number of fused-ring (bicyclic) bond motifs is 1. The maximum Gasteiger partial charge on any atom is 0.322 e. The maximum atomic E-state index is 15.5. The number of aromatic amines is 1. The SMILES string of the molecule is COC1CN(c2nn(CC3(F)CCOC3)c3cc(-c4[nH]ncc4NC(=O)N4CCCCC45CC5)ncc23)C1. The molecule has 12 heteroatoms. The van der Waals surface area contributed by atoms with E-state index in [0.717, 1.165) is 62.0 Å². The number of pyridine rings is 1. The Morgan fingerprint density at radius 2 is 2.13 bits per heavy atom. The Kier molecular flexibility index (Phi) is 5.59. The van der Waals surface area contributed by atoms with Gasteiger partial charge in [0, 0.05) is 51.5 Å². The summed E-state index contributed by atoms with van der Waals surface area (Å²) in [5.41, 5.74) is 1.13. The molecule has 2 amide bonds. The van der Waals surface area contributed by atoms with E-state index in [1.165, 1.54) is 6.42 Å². The Morgan fingerprint density at radius 1 is 1.26 bits per heavy atom. The summed E-state index contributed by atoms with van der Waals surface area (Å²) in [5, 5.41) is 15.9. The van der Waals surface area contributed by atoms with Gasteiger partial charge in [-0.1, -0.05) is 0 Å². The number of methoxy groups -OCH3 is 1. The van der Waals surface area contributed by atoms with Crippen molar-refractivity contribution < 1.29 is 18.7 Å². The van der Waals surface area contributed by atoms with E-state index in [-0.39, 0.29) is 30.8 Å². The molecule has 38 heavy (non-hydrogen) atoms. The largest absolute Gasteiger partial charge is 0.378 e. The molecule has 1 atom stereocenters. The molecule has 4 aliphatic rings. The zero-order chi connectivity index (χ0) is 25.9. The first-order chi connectivity index (χ1) is 18.5. The zero-order valence-electron chi connectivity index (χ0n) is 21.6. The van der Waals surface area contributed by atoms with Crippen LogP contribution >= 0.6 is 0 Å². The molecule has 1 spiro atoms. The van der Waals surface area contributed by atoms with Crippen molar-refractivity contribution in [1.29, 1.82) is 0 Å². The summed E-state index contributed by atoms with van der Waals surface area (Å²) in [6, 6.07) is 1.80. The van der Waals surface area contributed by atoms with Gasteiger partial charge in [0.25, 0.3) is 0 Å². The minimum absolute atomic E-state index is 0.0389. The van der Waals surface area contributed by atoms with Crippen molar-refractivity contribution in [2.45, 2.75) is 62.4 Å². The lowest BCUT2D eigenvalue weighted by Gasteiger charge is -2.38.